The fraction of sp³-hybridized carbons (Fsp3) is 0.316. The predicted molar refractivity (Wildman–Crippen MR) is 94.0 cm³/mol. The maximum atomic E-state index is 10.3. The minimum Gasteiger partial charge on any atom is -0.491 e. The minimum absolute atomic E-state index is 0.198. The van der Waals surface area contributed by atoms with Gasteiger partial charge in [0.2, 0.25) is 5.62 Å². The number of nitrogens with one attached hydrogen (secondary N) is 1. The smallest absolute Gasteiger partial charge is 0.203 e. The summed E-state index contributed by atoms with van der Waals surface area (Å²) in [5.41, 5.74) is 2.41. The van der Waals surface area contributed by atoms with Crippen molar-refractivity contribution in [2.24, 2.45) is 0 Å². The quantitative estimate of drug-likeness (QED) is 0.701. The zero-order valence-corrected chi connectivity index (χ0v) is 13.9. The summed E-state index contributed by atoms with van der Waals surface area (Å²) in [6, 6.07) is 17.4. The monoisotopic (exact) mass is 325 g/mol. The molecule has 3 aromatic rings. The lowest BCUT2D eigenvalue weighted by atomic mass is 10.3. The molecule has 5 heteroatoms. The van der Waals surface area contributed by atoms with Gasteiger partial charge in [-0.1, -0.05) is 37.3 Å². The summed E-state index contributed by atoms with van der Waals surface area (Å²) in [5.74, 6) is 0.737. The van der Waals surface area contributed by atoms with E-state index >= 15 is 0 Å². The predicted octanol–water partition coefficient (Wildman–Crippen LogP) is 2.77. The van der Waals surface area contributed by atoms with Crippen molar-refractivity contribution in [2.75, 3.05) is 6.61 Å². The van der Waals surface area contributed by atoms with Crippen molar-refractivity contribution < 1.29 is 9.84 Å². The lowest BCUT2D eigenvalue weighted by Gasteiger charge is -2.13. The van der Waals surface area contributed by atoms with Crippen LogP contribution in [0.5, 0.6) is 5.75 Å². The van der Waals surface area contributed by atoms with Crippen molar-refractivity contribution in [3.05, 3.63) is 60.2 Å². The van der Waals surface area contributed by atoms with Crippen LogP contribution in [0.4, 0.5) is 0 Å². The second-order valence-corrected chi connectivity index (χ2v) is 5.85. The van der Waals surface area contributed by atoms with E-state index in [2.05, 4.69) is 6.92 Å². The summed E-state index contributed by atoms with van der Waals surface area (Å²) in [6.45, 7) is 3.43. The van der Waals surface area contributed by atoms with E-state index in [4.69, 9.17) is 10.1 Å². The van der Waals surface area contributed by atoms with Crippen LogP contribution in [0.3, 0.4) is 0 Å². The van der Waals surface area contributed by atoms with Gasteiger partial charge in [-0.2, -0.15) is 0 Å². The van der Waals surface area contributed by atoms with Gasteiger partial charge in [0.1, 0.15) is 18.5 Å². The topological polar surface area (TPSA) is 63.2 Å². The molecule has 24 heavy (non-hydrogen) atoms. The van der Waals surface area contributed by atoms with Crippen LogP contribution in [0, 0.1) is 5.41 Å². The number of para-hydroxylation sites is 3. The third kappa shape index (κ3) is 3.36. The average Bonchev–Trinajstić information content (AvgIpc) is 2.87. The number of fused-ring (bicyclic) bond motifs is 1. The molecule has 0 aliphatic heterocycles. The minimum atomic E-state index is -0.680. The molecule has 2 aromatic carbocycles. The van der Waals surface area contributed by atoms with Gasteiger partial charge < -0.3 is 19.0 Å². The number of ether oxygens (including phenoxy) is 1. The van der Waals surface area contributed by atoms with Crippen molar-refractivity contribution in [3.63, 3.8) is 0 Å². The van der Waals surface area contributed by atoms with E-state index in [1.165, 1.54) is 0 Å². The molecule has 0 amide bonds. The Balaban J connectivity index is 1.79. The first-order chi connectivity index (χ1) is 11.7. The normalized spacial score (nSPS) is 12.4. The van der Waals surface area contributed by atoms with Crippen LogP contribution in [0.25, 0.3) is 11.0 Å². The summed E-state index contributed by atoms with van der Waals surface area (Å²) in [6.07, 6.45) is 0.282. The van der Waals surface area contributed by atoms with E-state index < -0.39 is 6.10 Å². The van der Waals surface area contributed by atoms with E-state index in [1.54, 1.807) is 0 Å². The molecule has 3 rings (SSSR count). The Bertz CT molecular complexity index is 852. The first-order valence-corrected chi connectivity index (χ1v) is 8.29. The van der Waals surface area contributed by atoms with Crippen LogP contribution >= 0.6 is 0 Å². The summed E-state index contributed by atoms with van der Waals surface area (Å²) >= 11 is 0. The highest BCUT2D eigenvalue weighted by molar-refractivity contribution is 5.75. The number of aliphatic hydroxyl groups is 1. The summed E-state index contributed by atoms with van der Waals surface area (Å²) in [7, 11) is 0. The van der Waals surface area contributed by atoms with Crippen LogP contribution in [-0.2, 0) is 13.1 Å². The first-order valence-electron chi connectivity index (χ1n) is 8.29. The van der Waals surface area contributed by atoms with Crippen LogP contribution in [0.2, 0.25) is 0 Å². The highest BCUT2D eigenvalue weighted by Crippen LogP contribution is 2.14. The maximum Gasteiger partial charge on any atom is 0.203 e. The molecule has 5 nitrogen and oxygen atoms in total. The van der Waals surface area contributed by atoms with Crippen molar-refractivity contribution in [3.8, 4) is 5.75 Å². The second-order valence-electron chi connectivity index (χ2n) is 5.85. The molecule has 1 heterocycles. The van der Waals surface area contributed by atoms with Crippen molar-refractivity contribution >= 4 is 11.0 Å². The molecule has 2 N–H and O–H groups in total. The number of nitrogens with zero attached hydrogens (tertiary/aromatic N) is 2. The molecule has 1 aromatic heterocycles. The van der Waals surface area contributed by atoms with Gasteiger partial charge in [-0.05, 0) is 30.7 Å². The molecular weight excluding hydrogens is 302 g/mol. The number of benzene rings is 2. The molecular formula is C19H23N3O2. The number of hydrogen-bond acceptors (Lipinski definition) is 3. The van der Waals surface area contributed by atoms with Crippen LogP contribution in [-0.4, -0.2) is 27.0 Å². The number of aromatic nitrogens is 2. The highest BCUT2D eigenvalue weighted by atomic mass is 16.5. The van der Waals surface area contributed by atoms with E-state index in [0.717, 1.165) is 29.7 Å². The van der Waals surface area contributed by atoms with Gasteiger partial charge in [0.05, 0.1) is 17.6 Å². The fourth-order valence-electron chi connectivity index (χ4n) is 2.90. The first kappa shape index (κ1) is 16.3. The van der Waals surface area contributed by atoms with Gasteiger partial charge in [0, 0.05) is 6.54 Å². The van der Waals surface area contributed by atoms with E-state index in [9.17, 15) is 5.11 Å². The molecule has 126 valence electrons. The van der Waals surface area contributed by atoms with E-state index in [1.807, 2.05) is 63.7 Å². The Kier molecular flexibility index (Phi) is 5.01. The molecule has 0 bridgehead atoms. The van der Waals surface area contributed by atoms with Gasteiger partial charge in [0.25, 0.3) is 0 Å². The molecule has 0 unspecified atom stereocenters. The van der Waals surface area contributed by atoms with E-state index in [0.29, 0.717) is 12.2 Å². The number of imidazole rings is 1. The third-order valence-electron chi connectivity index (χ3n) is 4.00. The Morgan fingerprint density at radius 3 is 2.29 bits per heavy atom. The second kappa shape index (κ2) is 7.36. The van der Waals surface area contributed by atoms with Gasteiger partial charge in [-0.3, -0.25) is 5.41 Å². The Labute approximate surface area is 141 Å². The third-order valence-corrected chi connectivity index (χ3v) is 4.00. The fourth-order valence-corrected chi connectivity index (χ4v) is 2.90. The highest BCUT2D eigenvalue weighted by Gasteiger charge is 2.14. The van der Waals surface area contributed by atoms with Gasteiger partial charge in [0.15, 0.2) is 0 Å². The number of rotatable bonds is 7. The SMILES string of the molecule is CCCn1c(=N)n(C[C@H](O)COc2ccccc2)c2ccccc21. The lowest BCUT2D eigenvalue weighted by molar-refractivity contribution is 0.0921. The molecule has 1 atom stereocenters. The maximum absolute atomic E-state index is 10.3. The summed E-state index contributed by atoms with van der Waals surface area (Å²) in [4.78, 5) is 0. The zero-order valence-electron chi connectivity index (χ0n) is 13.9. The van der Waals surface area contributed by atoms with Gasteiger partial charge in [-0.25, -0.2) is 0 Å². The van der Waals surface area contributed by atoms with Gasteiger partial charge in [-0.15, -0.1) is 0 Å². The van der Waals surface area contributed by atoms with Gasteiger partial charge >= 0.3 is 0 Å². The van der Waals surface area contributed by atoms with Crippen LogP contribution in [0.15, 0.2) is 54.6 Å². The Hall–Kier alpha value is -2.53. The largest absolute Gasteiger partial charge is 0.491 e. The Morgan fingerprint density at radius 1 is 1.00 bits per heavy atom. The average molecular weight is 325 g/mol. The van der Waals surface area contributed by atoms with Crippen LogP contribution < -0.4 is 10.4 Å². The molecule has 0 radical (unpaired) electrons. The summed E-state index contributed by atoms with van der Waals surface area (Å²) < 4.78 is 9.45. The molecule has 0 saturated heterocycles. The zero-order chi connectivity index (χ0) is 16.9. The number of hydrogen-bond donors (Lipinski definition) is 2. The number of aliphatic hydroxyl groups excluding tert-OH is 1. The molecule has 0 saturated carbocycles. The lowest BCUT2D eigenvalue weighted by Crippen LogP contribution is -2.31. The van der Waals surface area contributed by atoms with Crippen molar-refractivity contribution in [1.29, 1.82) is 5.41 Å². The Morgan fingerprint density at radius 2 is 1.62 bits per heavy atom. The van der Waals surface area contributed by atoms with Crippen molar-refractivity contribution in [1.82, 2.24) is 9.13 Å². The van der Waals surface area contributed by atoms with E-state index in [-0.39, 0.29) is 6.61 Å². The number of aryl methyl sites for hydroxylation is 1. The standard InChI is InChI=1S/C19H23N3O2/c1-2-12-21-17-10-6-7-11-18(17)22(19(21)20)13-15(23)14-24-16-8-4-3-5-9-16/h3-11,15,20,23H,2,12-14H2,1H3/t15-/m0/s1. The molecule has 0 aliphatic carbocycles. The molecule has 0 spiro atoms. The van der Waals surface area contributed by atoms with Crippen LogP contribution in [0.1, 0.15) is 13.3 Å². The molecule has 0 aliphatic rings. The molecule has 0 fully saturated rings. The summed E-state index contributed by atoms with van der Waals surface area (Å²) in [5, 5.41) is 18.8. The van der Waals surface area contributed by atoms with Crippen molar-refractivity contribution in [2.45, 2.75) is 32.5 Å².